The number of aliphatic hydroxyl groups excluding tert-OH is 1. The van der Waals surface area contributed by atoms with Gasteiger partial charge in [0.05, 0.1) is 28.9 Å². The van der Waals surface area contributed by atoms with E-state index in [1.807, 2.05) is 26.8 Å². The first-order valence-corrected chi connectivity index (χ1v) is 9.72. The van der Waals surface area contributed by atoms with Crippen molar-refractivity contribution < 1.29 is 14.4 Å². The lowest BCUT2D eigenvalue weighted by molar-refractivity contribution is -0.134. The molecule has 0 spiro atoms. The van der Waals surface area contributed by atoms with Gasteiger partial charge in [-0.2, -0.15) is 0 Å². The monoisotopic (exact) mass is 376 g/mol. The number of likely N-dealkylation sites (tertiary alicyclic amines) is 1. The predicted molar refractivity (Wildman–Crippen MR) is 104 cm³/mol. The van der Waals surface area contributed by atoms with Crippen molar-refractivity contribution in [3.63, 3.8) is 0 Å². The maximum Gasteiger partial charge on any atom is 0.234 e. The average Bonchev–Trinajstić information content (AvgIpc) is 3.16. The van der Waals surface area contributed by atoms with Crippen LogP contribution in [-0.2, 0) is 4.79 Å². The molecule has 0 unspecified atom stereocenters. The second kappa shape index (κ2) is 6.62. The summed E-state index contributed by atoms with van der Waals surface area (Å²) < 4.78 is 5.42. The van der Waals surface area contributed by atoms with Crippen LogP contribution in [0.4, 0.5) is 0 Å². The van der Waals surface area contributed by atoms with Crippen LogP contribution in [-0.4, -0.2) is 56.7 Å². The Morgan fingerprint density at radius 3 is 2.52 bits per heavy atom. The van der Waals surface area contributed by atoms with E-state index >= 15 is 0 Å². The Morgan fingerprint density at radius 2 is 2.04 bits per heavy atom. The highest BCUT2D eigenvalue weighted by molar-refractivity contribution is 5.95. The number of aliphatic hydroxyl groups is 1. The normalized spacial score (nSPS) is 27.6. The third kappa shape index (κ3) is 3.49. The molecule has 27 heavy (non-hydrogen) atoms. The molecule has 7 nitrogen and oxygen atoms in total. The SMILES string of the molecule is Cc1cc([C@@H](C(=O)N2C[C@H](O)C[C@H]2C2=NC(C)(C)C(C)(C)N2)C(C)C)on1. The molecule has 2 N–H and O–H groups in total. The molecule has 1 aromatic rings. The Bertz CT molecular complexity index is 750. The molecule has 0 saturated carbocycles. The van der Waals surface area contributed by atoms with Crippen LogP contribution in [0.15, 0.2) is 15.6 Å². The lowest BCUT2D eigenvalue weighted by Gasteiger charge is -2.33. The fourth-order valence-electron chi connectivity index (χ4n) is 3.86. The topological polar surface area (TPSA) is 91.0 Å². The van der Waals surface area contributed by atoms with Crippen LogP contribution in [0.5, 0.6) is 0 Å². The Hall–Kier alpha value is -1.89. The Balaban J connectivity index is 1.91. The van der Waals surface area contributed by atoms with Gasteiger partial charge in [0.2, 0.25) is 5.91 Å². The van der Waals surface area contributed by atoms with E-state index in [4.69, 9.17) is 9.52 Å². The molecular formula is C20H32N4O3. The Kier molecular flexibility index (Phi) is 4.87. The van der Waals surface area contributed by atoms with Gasteiger partial charge in [-0.25, -0.2) is 0 Å². The molecule has 1 saturated heterocycles. The summed E-state index contributed by atoms with van der Waals surface area (Å²) in [5.74, 6) is 0.937. The van der Waals surface area contributed by atoms with Crippen LogP contribution in [0.2, 0.25) is 0 Å². The van der Waals surface area contributed by atoms with Crippen LogP contribution >= 0.6 is 0 Å². The molecule has 0 aromatic carbocycles. The number of carbonyl (C=O) groups excluding carboxylic acids is 1. The Labute approximate surface area is 161 Å². The fraction of sp³-hybridized carbons (Fsp3) is 0.750. The third-order valence-electron chi connectivity index (χ3n) is 6.13. The Morgan fingerprint density at radius 1 is 1.37 bits per heavy atom. The first-order chi connectivity index (χ1) is 12.4. The number of hydrogen-bond acceptors (Lipinski definition) is 6. The molecule has 0 radical (unpaired) electrons. The number of carbonyl (C=O) groups is 1. The minimum Gasteiger partial charge on any atom is -0.391 e. The van der Waals surface area contributed by atoms with Crippen molar-refractivity contribution in [2.24, 2.45) is 10.9 Å². The van der Waals surface area contributed by atoms with Crippen LogP contribution in [0.1, 0.15) is 65.3 Å². The van der Waals surface area contributed by atoms with Crippen molar-refractivity contribution >= 4 is 11.7 Å². The van der Waals surface area contributed by atoms with E-state index in [0.717, 1.165) is 11.5 Å². The fourth-order valence-corrected chi connectivity index (χ4v) is 3.86. The highest BCUT2D eigenvalue weighted by Crippen LogP contribution is 2.35. The van der Waals surface area contributed by atoms with Gasteiger partial charge < -0.3 is 19.8 Å². The summed E-state index contributed by atoms with van der Waals surface area (Å²) in [6, 6.07) is 1.57. The van der Waals surface area contributed by atoms with Gasteiger partial charge in [0, 0.05) is 19.0 Å². The number of amidine groups is 1. The summed E-state index contributed by atoms with van der Waals surface area (Å²) in [4.78, 5) is 20.1. The van der Waals surface area contributed by atoms with Gasteiger partial charge in [0.15, 0.2) is 0 Å². The number of hydrogen-bond donors (Lipinski definition) is 2. The van der Waals surface area contributed by atoms with Crippen molar-refractivity contribution in [2.75, 3.05) is 6.54 Å². The van der Waals surface area contributed by atoms with Gasteiger partial charge in [0.1, 0.15) is 17.5 Å². The lowest BCUT2D eigenvalue weighted by Crippen LogP contribution is -2.54. The maximum absolute atomic E-state index is 13.5. The van der Waals surface area contributed by atoms with E-state index in [2.05, 4.69) is 38.2 Å². The molecule has 3 rings (SSSR count). The lowest BCUT2D eigenvalue weighted by atomic mass is 9.85. The smallest absolute Gasteiger partial charge is 0.234 e. The summed E-state index contributed by atoms with van der Waals surface area (Å²) in [5, 5.41) is 17.8. The molecular weight excluding hydrogens is 344 g/mol. The average molecular weight is 377 g/mol. The summed E-state index contributed by atoms with van der Waals surface area (Å²) in [6.45, 7) is 14.5. The number of nitrogens with zero attached hydrogens (tertiary/aromatic N) is 3. The minimum absolute atomic E-state index is 0.0466. The first kappa shape index (κ1) is 19.9. The molecule has 0 aliphatic carbocycles. The summed E-state index contributed by atoms with van der Waals surface area (Å²) in [7, 11) is 0. The standard InChI is InChI=1S/C20H32N4O3/c1-11(2)16(15-8-12(3)23-27-15)18(26)24-10-13(25)9-14(24)17-21-19(4,5)20(6,7)22-17/h8,11,13-14,16,25H,9-10H2,1-7H3,(H,21,22)/t13-,14+,16+/m1/s1. The van der Waals surface area contributed by atoms with Crippen LogP contribution in [0.3, 0.4) is 0 Å². The quantitative estimate of drug-likeness (QED) is 0.841. The molecule has 3 atom stereocenters. The summed E-state index contributed by atoms with van der Waals surface area (Å²) in [5.41, 5.74) is 0.251. The number of β-amino-alcohol motifs (C(OH)–C–C–N with tert-alkyl or cyclic N) is 1. The highest BCUT2D eigenvalue weighted by atomic mass is 16.5. The van der Waals surface area contributed by atoms with Gasteiger partial charge >= 0.3 is 0 Å². The zero-order valence-corrected chi connectivity index (χ0v) is 17.4. The van der Waals surface area contributed by atoms with Crippen molar-refractivity contribution in [3.05, 3.63) is 17.5 Å². The van der Waals surface area contributed by atoms with E-state index < -0.39 is 12.0 Å². The predicted octanol–water partition coefficient (Wildman–Crippen LogP) is 2.24. The van der Waals surface area contributed by atoms with Crippen molar-refractivity contribution in [1.82, 2.24) is 15.4 Å². The number of nitrogens with one attached hydrogen (secondary N) is 1. The van der Waals surface area contributed by atoms with Crippen LogP contribution < -0.4 is 5.32 Å². The van der Waals surface area contributed by atoms with Crippen molar-refractivity contribution in [3.8, 4) is 0 Å². The van der Waals surface area contributed by atoms with Gasteiger partial charge in [-0.3, -0.25) is 9.79 Å². The van der Waals surface area contributed by atoms with Gasteiger partial charge in [-0.1, -0.05) is 19.0 Å². The van der Waals surface area contributed by atoms with E-state index in [0.29, 0.717) is 18.7 Å². The second-order valence-corrected chi connectivity index (χ2v) is 9.29. The molecule has 1 amide bonds. The van der Waals surface area contributed by atoms with E-state index in [-0.39, 0.29) is 28.9 Å². The van der Waals surface area contributed by atoms with E-state index in [1.54, 1.807) is 4.90 Å². The summed E-state index contributed by atoms with van der Waals surface area (Å²) in [6.07, 6.45) is -0.0659. The second-order valence-electron chi connectivity index (χ2n) is 9.29. The largest absolute Gasteiger partial charge is 0.391 e. The summed E-state index contributed by atoms with van der Waals surface area (Å²) >= 11 is 0. The number of amides is 1. The molecule has 2 aliphatic rings. The number of aryl methyl sites for hydroxylation is 1. The molecule has 1 fully saturated rings. The van der Waals surface area contributed by atoms with Gasteiger partial charge in [0.25, 0.3) is 0 Å². The minimum atomic E-state index is -0.556. The molecule has 0 bridgehead atoms. The zero-order valence-electron chi connectivity index (χ0n) is 17.4. The van der Waals surface area contributed by atoms with E-state index in [9.17, 15) is 9.90 Å². The van der Waals surface area contributed by atoms with Crippen LogP contribution in [0.25, 0.3) is 0 Å². The number of aromatic nitrogens is 1. The van der Waals surface area contributed by atoms with E-state index in [1.165, 1.54) is 0 Å². The number of rotatable bonds is 4. The van der Waals surface area contributed by atoms with Crippen molar-refractivity contribution in [2.45, 2.75) is 84.0 Å². The third-order valence-corrected chi connectivity index (χ3v) is 6.13. The first-order valence-electron chi connectivity index (χ1n) is 9.72. The molecule has 7 heteroatoms. The van der Waals surface area contributed by atoms with Gasteiger partial charge in [-0.05, 0) is 40.5 Å². The molecule has 150 valence electrons. The molecule has 3 heterocycles. The number of aliphatic imine (C=N–C) groups is 1. The van der Waals surface area contributed by atoms with Crippen LogP contribution in [0, 0.1) is 12.8 Å². The van der Waals surface area contributed by atoms with Gasteiger partial charge in [-0.15, -0.1) is 0 Å². The molecule has 1 aromatic heterocycles. The highest BCUT2D eigenvalue weighted by Gasteiger charge is 2.49. The zero-order chi connectivity index (χ0) is 20.1. The van der Waals surface area contributed by atoms with Crippen molar-refractivity contribution in [1.29, 1.82) is 0 Å². The maximum atomic E-state index is 13.5. The molecule has 2 aliphatic heterocycles.